The van der Waals surface area contributed by atoms with E-state index in [1.54, 1.807) is 14.2 Å². The van der Waals surface area contributed by atoms with E-state index >= 15 is 0 Å². The lowest BCUT2D eigenvalue weighted by Crippen LogP contribution is -2.35. The average molecular weight is 261 g/mol. The molecule has 1 fully saturated rings. The van der Waals surface area contributed by atoms with Crippen LogP contribution in [0.3, 0.4) is 0 Å². The SMILES string of the molecule is COCC1CCN(CC(O)COC(C)COC)C1. The maximum Gasteiger partial charge on any atom is 0.0900 e. The molecule has 1 rings (SSSR count). The summed E-state index contributed by atoms with van der Waals surface area (Å²) < 4.78 is 15.6. The number of likely N-dealkylation sites (tertiary alicyclic amines) is 1. The smallest absolute Gasteiger partial charge is 0.0900 e. The summed E-state index contributed by atoms with van der Waals surface area (Å²) in [5.74, 6) is 0.607. The van der Waals surface area contributed by atoms with E-state index in [-0.39, 0.29) is 6.10 Å². The molecule has 0 aromatic rings. The topological polar surface area (TPSA) is 51.2 Å². The monoisotopic (exact) mass is 261 g/mol. The van der Waals surface area contributed by atoms with Crippen LogP contribution in [-0.4, -0.2) is 75.9 Å². The fraction of sp³-hybridized carbons (Fsp3) is 1.00. The molecule has 3 atom stereocenters. The normalized spacial score (nSPS) is 24.3. The Morgan fingerprint density at radius 2 is 2.06 bits per heavy atom. The van der Waals surface area contributed by atoms with Crippen LogP contribution in [0.15, 0.2) is 0 Å². The molecular weight excluding hydrogens is 234 g/mol. The highest BCUT2D eigenvalue weighted by atomic mass is 16.5. The van der Waals surface area contributed by atoms with Gasteiger partial charge in [-0.1, -0.05) is 0 Å². The highest BCUT2D eigenvalue weighted by molar-refractivity contribution is 4.77. The molecule has 0 aliphatic carbocycles. The van der Waals surface area contributed by atoms with E-state index in [0.717, 1.165) is 26.1 Å². The maximum atomic E-state index is 9.90. The van der Waals surface area contributed by atoms with Gasteiger partial charge in [0, 0.05) is 27.3 Å². The number of methoxy groups -OCH3 is 2. The van der Waals surface area contributed by atoms with Crippen LogP contribution in [0, 0.1) is 5.92 Å². The minimum Gasteiger partial charge on any atom is -0.389 e. The van der Waals surface area contributed by atoms with Crippen LogP contribution in [-0.2, 0) is 14.2 Å². The van der Waals surface area contributed by atoms with Gasteiger partial charge in [0.25, 0.3) is 0 Å². The molecule has 0 spiro atoms. The molecule has 3 unspecified atom stereocenters. The number of hydrogen-bond acceptors (Lipinski definition) is 5. The molecule has 1 saturated heterocycles. The van der Waals surface area contributed by atoms with Crippen molar-refractivity contribution in [1.29, 1.82) is 0 Å². The first kappa shape index (κ1) is 15.9. The van der Waals surface area contributed by atoms with Crippen molar-refractivity contribution >= 4 is 0 Å². The van der Waals surface area contributed by atoms with Crippen molar-refractivity contribution in [2.45, 2.75) is 25.6 Å². The third-order valence-corrected chi connectivity index (χ3v) is 3.22. The van der Waals surface area contributed by atoms with Gasteiger partial charge in [-0.3, -0.25) is 0 Å². The maximum absolute atomic E-state index is 9.90. The third kappa shape index (κ3) is 6.11. The van der Waals surface area contributed by atoms with Gasteiger partial charge in [0.2, 0.25) is 0 Å². The van der Waals surface area contributed by atoms with E-state index in [2.05, 4.69) is 4.90 Å². The van der Waals surface area contributed by atoms with Crippen LogP contribution in [0.2, 0.25) is 0 Å². The Morgan fingerprint density at radius 1 is 1.28 bits per heavy atom. The first-order valence-electron chi connectivity index (χ1n) is 6.65. The van der Waals surface area contributed by atoms with Crippen molar-refractivity contribution in [1.82, 2.24) is 4.90 Å². The van der Waals surface area contributed by atoms with Crippen LogP contribution in [0.5, 0.6) is 0 Å². The molecule has 5 heteroatoms. The Balaban J connectivity index is 2.11. The molecule has 0 bridgehead atoms. The summed E-state index contributed by atoms with van der Waals surface area (Å²) in [4.78, 5) is 2.28. The van der Waals surface area contributed by atoms with Crippen molar-refractivity contribution in [2.75, 3.05) is 53.7 Å². The van der Waals surface area contributed by atoms with Gasteiger partial charge in [0.15, 0.2) is 0 Å². The Kier molecular flexibility index (Phi) is 7.77. The van der Waals surface area contributed by atoms with E-state index < -0.39 is 6.10 Å². The summed E-state index contributed by atoms with van der Waals surface area (Å²) in [6, 6.07) is 0. The third-order valence-electron chi connectivity index (χ3n) is 3.22. The van der Waals surface area contributed by atoms with Gasteiger partial charge in [-0.15, -0.1) is 0 Å². The van der Waals surface area contributed by atoms with Crippen LogP contribution >= 0.6 is 0 Å². The Morgan fingerprint density at radius 3 is 2.72 bits per heavy atom. The number of aliphatic hydroxyl groups excluding tert-OH is 1. The molecule has 5 nitrogen and oxygen atoms in total. The lowest BCUT2D eigenvalue weighted by Gasteiger charge is -2.21. The Bertz CT molecular complexity index is 215. The van der Waals surface area contributed by atoms with E-state index in [1.165, 1.54) is 0 Å². The van der Waals surface area contributed by atoms with Gasteiger partial charge in [0.05, 0.1) is 32.0 Å². The van der Waals surface area contributed by atoms with E-state index in [4.69, 9.17) is 14.2 Å². The quantitative estimate of drug-likeness (QED) is 0.650. The predicted octanol–water partition coefficient (Wildman–Crippen LogP) is 0.367. The molecular formula is C13H27NO4. The average Bonchev–Trinajstić information content (AvgIpc) is 2.75. The van der Waals surface area contributed by atoms with Gasteiger partial charge in [-0.25, -0.2) is 0 Å². The molecule has 0 aromatic carbocycles. The number of aliphatic hydroxyl groups is 1. The summed E-state index contributed by atoms with van der Waals surface area (Å²) in [5, 5.41) is 9.90. The predicted molar refractivity (Wildman–Crippen MR) is 69.7 cm³/mol. The summed E-state index contributed by atoms with van der Waals surface area (Å²) in [6.07, 6.45) is 0.761. The summed E-state index contributed by atoms with van der Waals surface area (Å²) in [6.45, 7) is 6.42. The van der Waals surface area contributed by atoms with Crippen molar-refractivity contribution in [2.24, 2.45) is 5.92 Å². The van der Waals surface area contributed by atoms with E-state index in [0.29, 0.717) is 25.7 Å². The standard InChI is InChI=1S/C13H27NO4/c1-11(8-16-2)18-10-13(15)7-14-5-4-12(6-14)9-17-3/h11-13,15H,4-10H2,1-3H3. The van der Waals surface area contributed by atoms with Crippen LogP contribution in [0.1, 0.15) is 13.3 Å². The highest BCUT2D eigenvalue weighted by Crippen LogP contribution is 2.16. The number of rotatable bonds is 9. The number of nitrogens with zero attached hydrogens (tertiary/aromatic N) is 1. The van der Waals surface area contributed by atoms with Gasteiger partial charge in [-0.05, 0) is 25.8 Å². The number of ether oxygens (including phenoxy) is 3. The molecule has 0 radical (unpaired) electrons. The van der Waals surface area contributed by atoms with Crippen molar-refractivity contribution in [3.05, 3.63) is 0 Å². The minimum atomic E-state index is -0.425. The first-order chi connectivity index (χ1) is 8.65. The Hall–Kier alpha value is -0.200. The van der Waals surface area contributed by atoms with Gasteiger partial charge >= 0.3 is 0 Å². The van der Waals surface area contributed by atoms with Gasteiger partial charge in [0.1, 0.15) is 0 Å². The highest BCUT2D eigenvalue weighted by Gasteiger charge is 2.24. The zero-order chi connectivity index (χ0) is 13.4. The summed E-state index contributed by atoms with van der Waals surface area (Å²) >= 11 is 0. The molecule has 0 saturated carbocycles. The Labute approximate surface area is 110 Å². The molecule has 0 aromatic heterocycles. The number of hydrogen-bond donors (Lipinski definition) is 1. The lowest BCUT2D eigenvalue weighted by molar-refractivity contribution is -0.0385. The molecule has 1 N–H and O–H groups in total. The molecule has 1 heterocycles. The van der Waals surface area contributed by atoms with E-state index in [1.807, 2.05) is 6.92 Å². The molecule has 0 amide bonds. The number of β-amino-alcohol motifs (C(OH)–C–C–N with tert-alkyl or cyclic N) is 1. The summed E-state index contributed by atoms with van der Waals surface area (Å²) in [5.41, 5.74) is 0. The van der Waals surface area contributed by atoms with Gasteiger partial charge < -0.3 is 24.2 Å². The fourth-order valence-electron chi connectivity index (χ4n) is 2.36. The molecule has 108 valence electrons. The zero-order valence-electron chi connectivity index (χ0n) is 11.8. The van der Waals surface area contributed by atoms with Crippen molar-refractivity contribution in [3.8, 4) is 0 Å². The molecule has 1 aliphatic rings. The van der Waals surface area contributed by atoms with Crippen LogP contribution in [0.4, 0.5) is 0 Å². The fourth-order valence-corrected chi connectivity index (χ4v) is 2.36. The second-order valence-corrected chi connectivity index (χ2v) is 5.12. The van der Waals surface area contributed by atoms with Crippen LogP contribution in [0.25, 0.3) is 0 Å². The van der Waals surface area contributed by atoms with Gasteiger partial charge in [-0.2, -0.15) is 0 Å². The lowest BCUT2D eigenvalue weighted by atomic mass is 10.1. The molecule has 1 aliphatic heterocycles. The summed E-state index contributed by atoms with van der Waals surface area (Å²) in [7, 11) is 3.39. The minimum absolute atomic E-state index is 0.0319. The largest absolute Gasteiger partial charge is 0.389 e. The zero-order valence-corrected chi connectivity index (χ0v) is 11.8. The van der Waals surface area contributed by atoms with Crippen molar-refractivity contribution < 1.29 is 19.3 Å². The van der Waals surface area contributed by atoms with E-state index in [9.17, 15) is 5.11 Å². The molecule has 18 heavy (non-hydrogen) atoms. The second kappa shape index (κ2) is 8.82. The van der Waals surface area contributed by atoms with Crippen molar-refractivity contribution in [3.63, 3.8) is 0 Å². The first-order valence-corrected chi connectivity index (χ1v) is 6.65. The van der Waals surface area contributed by atoms with Crippen LogP contribution < -0.4 is 0 Å². The second-order valence-electron chi connectivity index (χ2n) is 5.12.